The topological polar surface area (TPSA) is 289 Å². The van der Waals surface area contributed by atoms with E-state index in [2.05, 4.69) is 26.7 Å². The van der Waals surface area contributed by atoms with Crippen LogP contribution in [-0.4, -0.2) is 194 Å². The molecule has 1 saturated heterocycles. The number of hydrogen-bond donors (Lipinski definition) is 4. The molecule has 4 N–H and O–H groups in total. The summed E-state index contributed by atoms with van der Waals surface area (Å²) in [7, 11) is 9.15. The maximum atomic E-state index is 14.9. The fourth-order valence-electron chi connectivity index (χ4n) is 14.7. The van der Waals surface area contributed by atoms with E-state index >= 15 is 0 Å². The second-order valence-corrected chi connectivity index (χ2v) is 28.6. The summed E-state index contributed by atoms with van der Waals surface area (Å²) in [6.07, 6.45) is 16.7. The van der Waals surface area contributed by atoms with E-state index in [1.165, 1.54) is 32.5 Å². The maximum absolute atomic E-state index is 14.9. The van der Waals surface area contributed by atoms with E-state index in [1.54, 1.807) is 60.2 Å². The Morgan fingerprint density at radius 1 is 0.768 bits per heavy atom. The lowest BCUT2D eigenvalue weighted by atomic mass is 9.68. The van der Waals surface area contributed by atoms with Gasteiger partial charge in [-0.15, -0.1) is 0 Å². The lowest BCUT2D eigenvalue weighted by molar-refractivity contribution is -0.139. The number of amides is 1. The van der Waals surface area contributed by atoms with E-state index in [0.717, 1.165) is 72.9 Å². The van der Waals surface area contributed by atoms with Crippen molar-refractivity contribution >= 4 is 56.6 Å². The first-order valence-electron chi connectivity index (χ1n) is 32.2. The van der Waals surface area contributed by atoms with Gasteiger partial charge in [-0.3, -0.25) is 14.4 Å². The van der Waals surface area contributed by atoms with Crippen LogP contribution in [-0.2, 0) is 88.9 Å². The quantitative estimate of drug-likeness (QED) is 0.0498. The van der Waals surface area contributed by atoms with Crippen LogP contribution in [0.25, 0.3) is 0 Å². The predicted octanol–water partition coefficient (Wildman–Crippen LogP) is 7.74. The van der Waals surface area contributed by atoms with Crippen molar-refractivity contribution in [3.63, 3.8) is 0 Å². The first-order chi connectivity index (χ1) is 45.6. The van der Waals surface area contributed by atoms with E-state index in [0.29, 0.717) is 105 Å². The van der Waals surface area contributed by atoms with Gasteiger partial charge in [0.25, 0.3) is 5.91 Å². The number of ether oxygens (including phenoxy) is 9. The molecular formula is C69H89ClN6O18S. The molecule has 26 heteroatoms. The van der Waals surface area contributed by atoms with E-state index in [1.807, 2.05) is 51.0 Å². The molecule has 1 spiro atoms. The van der Waals surface area contributed by atoms with Gasteiger partial charge in [0.1, 0.15) is 22.9 Å². The van der Waals surface area contributed by atoms with Gasteiger partial charge in [-0.2, -0.15) is 4.36 Å². The third kappa shape index (κ3) is 15.3. The third-order valence-electron chi connectivity index (χ3n) is 19.8. The Balaban J connectivity index is 0.000000191. The van der Waals surface area contributed by atoms with Gasteiger partial charge >= 0.3 is 17.9 Å². The fourth-order valence-corrected chi connectivity index (χ4v) is 17.2. The van der Waals surface area contributed by atoms with Crippen LogP contribution in [0.1, 0.15) is 115 Å². The molecule has 0 radical (unpaired) electrons. The van der Waals surface area contributed by atoms with Gasteiger partial charge in [0.15, 0.2) is 23.0 Å². The van der Waals surface area contributed by atoms with Crippen LogP contribution in [0.5, 0.6) is 23.0 Å². The molecule has 11 atom stereocenters. The highest BCUT2D eigenvalue weighted by Gasteiger charge is 2.45. The zero-order chi connectivity index (χ0) is 68.0. The molecule has 5 aromatic rings. The van der Waals surface area contributed by atoms with Gasteiger partial charge in [-0.25, -0.2) is 13.8 Å². The number of esters is 1. The maximum Gasteiger partial charge on any atom is 0.343 e. The number of fused-ring (bicyclic) bond motifs is 7. The molecule has 1 saturated carbocycles. The van der Waals surface area contributed by atoms with Crippen molar-refractivity contribution < 1.29 is 86.1 Å². The number of hydrogen-bond acceptors (Lipinski definition) is 18. The number of carbonyl (C=O) groups excluding carboxylic acids is 3. The summed E-state index contributed by atoms with van der Waals surface area (Å²) in [5.41, 5.74) is 7.09. The van der Waals surface area contributed by atoms with Crippen LogP contribution in [0.15, 0.2) is 71.5 Å². The zero-order valence-corrected chi connectivity index (χ0v) is 57.0. The number of ketones is 1. The number of benzene rings is 2. The number of aliphatic carboxylic acids is 1. The standard InChI is InChI=1S/C42H50ClN3O7S.C11H15NO4.C10H13NO4.C6H11NO3/c1-26-6-4-8-37(47)32-12-9-29(32)19-46-24-42(15-5-7-27-16-30(43)11-13-34(27)42)25-53-39-14-10-28(17-35(39)46)41(49)44-54(50,22-26)23-38(48)33-21-45-20-31(51-2)18-36(45)40(33)52-3;1-14-7-4-9-10(15-2)8(11(13)16-3)6-12(9)5-7;1-14-6-3-8-9(15-2)7(10(12)13)5-11(8)4-6;1-10-4-2-5(6(8)9)7-3-4/h4,8,10-11,13-14,16-17,21,26,29,31-32,37,47H,5-7,9,12,15,18-20,22-25H2,1-3H3;6-7H,4-5H2,1-3H3;5-6H,3-4H2,1-2H3,(H,12,13);4-5,7H,2-3H2,1H3,(H,8,9)/b8-4+;;;/t26-,29-,31+,32+,37-,42-,54+;7-;6-;4-,5+/m0111/s1. The smallest absolute Gasteiger partial charge is 0.343 e. The van der Waals surface area contributed by atoms with Gasteiger partial charge in [-0.05, 0) is 97.7 Å². The van der Waals surface area contributed by atoms with E-state index < -0.39 is 45.5 Å². The van der Waals surface area contributed by atoms with E-state index in [4.69, 9.17) is 64.4 Å². The molecule has 3 aromatic heterocycles. The molecule has 2 aromatic carbocycles. The molecule has 0 unspecified atom stereocenters. The lowest BCUT2D eigenvalue weighted by Crippen LogP contribution is -2.49. The normalized spacial score (nSPS) is 27.3. The molecule has 2 bridgehead atoms. The molecule has 2 aliphatic carbocycles. The minimum Gasteiger partial charge on any atom is -0.494 e. The molecule has 2 fully saturated rings. The largest absolute Gasteiger partial charge is 0.494 e. The van der Waals surface area contributed by atoms with Crippen LogP contribution >= 0.6 is 11.6 Å². The van der Waals surface area contributed by atoms with Crippen molar-refractivity contribution in [2.75, 3.05) is 99.5 Å². The number of aromatic carboxylic acids is 1. The number of nitrogens with zero attached hydrogens (tertiary/aromatic N) is 5. The number of Topliss-reactive ketones (excluding diaryl/α,β-unsaturated/α-hetero) is 1. The Hall–Kier alpha value is -7.23. The monoisotopic (exact) mass is 1360 g/mol. The molecule has 9 heterocycles. The van der Waals surface area contributed by atoms with Crippen molar-refractivity contribution in [1.29, 1.82) is 0 Å². The zero-order valence-electron chi connectivity index (χ0n) is 55.5. The van der Waals surface area contributed by atoms with Gasteiger partial charge in [0.05, 0.1) is 109 Å². The number of aliphatic hydroxyl groups is 1. The molecular weight excluding hydrogens is 1270 g/mol. The van der Waals surface area contributed by atoms with Gasteiger partial charge < -0.3 is 81.9 Å². The highest BCUT2D eigenvalue weighted by atomic mass is 35.5. The van der Waals surface area contributed by atoms with Crippen molar-refractivity contribution in [2.45, 2.75) is 133 Å². The Labute approximate surface area is 559 Å². The minimum atomic E-state index is -3.38. The summed E-state index contributed by atoms with van der Waals surface area (Å²) in [5.74, 6) is -1.10. The number of methoxy groups -OCH3 is 8. The Kier molecular flexibility index (Phi) is 22.6. The van der Waals surface area contributed by atoms with Crippen LogP contribution in [0.4, 0.5) is 5.69 Å². The number of carboxylic acids is 2. The Bertz CT molecular complexity index is 3810. The van der Waals surface area contributed by atoms with Crippen LogP contribution in [0.3, 0.4) is 0 Å². The highest BCUT2D eigenvalue weighted by Crippen LogP contribution is 2.47. The molecule has 1 amide bonds. The molecule has 8 aliphatic rings. The number of aryl methyl sites for hydroxylation is 1. The fraction of sp³-hybridized carbons (Fsp3) is 0.551. The molecule has 95 heavy (non-hydrogen) atoms. The number of carbonyl (C=O) groups is 5. The van der Waals surface area contributed by atoms with Crippen molar-refractivity contribution in [3.8, 4) is 23.0 Å². The number of rotatable bonds is 13. The third-order valence-corrected chi connectivity index (χ3v) is 22.4. The number of halogens is 1. The number of aliphatic hydroxyl groups excluding tert-OH is 1. The van der Waals surface area contributed by atoms with Crippen molar-refractivity contribution in [3.05, 3.63) is 123 Å². The van der Waals surface area contributed by atoms with Crippen molar-refractivity contribution in [2.24, 2.45) is 22.1 Å². The molecule has 6 aliphatic heterocycles. The predicted molar refractivity (Wildman–Crippen MR) is 354 cm³/mol. The molecule has 13 rings (SSSR count). The summed E-state index contributed by atoms with van der Waals surface area (Å²) in [4.78, 5) is 63.3. The number of carboxylic acid groups (broad SMARTS) is 2. The highest BCUT2D eigenvalue weighted by molar-refractivity contribution is 7.94. The summed E-state index contributed by atoms with van der Waals surface area (Å²) in [6, 6.07) is 11.1. The second kappa shape index (κ2) is 30.5. The van der Waals surface area contributed by atoms with Crippen molar-refractivity contribution in [1.82, 2.24) is 19.0 Å². The van der Waals surface area contributed by atoms with E-state index in [-0.39, 0.29) is 70.7 Å². The van der Waals surface area contributed by atoms with Crippen LogP contribution in [0, 0.1) is 17.8 Å². The SMILES string of the molecule is COC(=O)c1cn2c(c1OC)C[C@@H](OC)C2.CO[C@H]1CN[C@H](C(=O)O)C1.COc1c(C(=O)C[S@@]2(=O)=NC(=O)c3ccc4c(c3)N(C[C@@H]3CC[C@H]3[C@@H](O)/C=C/C[C@H](C)C2)C[C@@]2(CCCc3cc(Cl)ccc32)CO4)cn2c1C[C@@H](OC)C2.COc1c(C(=O)O)cn2c1C[C@@H](OC)C2. The first-order valence-corrected chi connectivity index (χ1v) is 34.5. The molecule has 516 valence electrons. The van der Waals surface area contributed by atoms with Crippen LogP contribution < -0.4 is 29.2 Å². The summed E-state index contributed by atoms with van der Waals surface area (Å²) in [5, 5.41) is 32.4. The van der Waals surface area contributed by atoms with E-state index in [9.17, 15) is 33.3 Å². The number of aromatic nitrogens is 3. The number of nitrogens with one attached hydrogen (secondary N) is 1. The summed E-state index contributed by atoms with van der Waals surface area (Å²) in [6.45, 7) is 6.47. The summed E-state index contributed by atoms with van der Waals surface area (Å²) < 4.78 is 73.6. The molecule has 24 nitrogen and oxygen atoms in total. The van der Waals surface area contributed by atoms with Gasteiger partial charge in [-0.1, -0.05) is 36.7 Å². The Morgan fingerprint density at radius 3 is 1.92 bits per heavy atom. The number of allylic oxidation sites excluding steroid dienone is 1. The summed E-state index contributed by atoms with van der Waals surface area (Å²) >= 11 is 6.46. The van der Waals surface area contributed by atoms with Gasteiger partial charge in [0, 0.05) is 134 Å². The average Bonchev–Trinajstić information content (AvgIpc) is 1.77. The average molecular weight is 1360 g/mol. The number of anilines is 1. The first kappa shape index (κ1) is 70.6. The van der Waals surface area contributed by atoms with Crippen LogP contribution in [0.2, 0.25) is 5.02 Å². The minimum absolute atomic E-state index is 0.0109. The Morgan fingerprint density at radius 2 is 1.37 bits per heavy atom. The second-order valence-electron chi connectivity index (χ2n) is 25.9. The lowest BCUT2D eigenvalue weighted by Gasteiger charge is -2.45. The van der Waals surface area contributed by atoms with Gasteiger partial charge in [0.2, 0.25) is 0 Å².